The van der Waals surface area contributed by atoms with Gasteiger partial charge in [-0.1, -0.05) is 0 Å². The highest BCUT2D eigenvalue weighted by Crippen LogP contribution is 2.34. The van der Waals surface area contributed by atoms with Crippen molar-refractivity contribution in [3.8, 4) is 0 Å². The number of carbonyl (C=O) groups is 2. The summed E-state index contributed by atoms with van der Waals surface area (Å²) in [6.45, 7) is 0. The van der Waals surface area contributed by atoms with E-state index in [2.05, 4.69) is 4.74 Å². The minimum atomic E-state index is -4.52. The van der Waals surface area contributed by atoms with Crippen LogP contribution in [0.3, 0.4) is 0 Å². The third kappa shape index (κ3) is 1.66. The normalized spacial score (nSPS) is 14.4. The second-order valence-corrected chi connectivity index (χ2v) is 5.67. The number of anilines is 1. The molecule has 0 fully saturated rings. The largest absolute Gasteiger partial charge is 0.398 e. The lowest BCUT2D eigenvalue weighted by Gasteiger charge is -2.17. The van der Waals surface area contributed by atoms with Gasteiger partial charge in [0.25, 0.3) is 10.1 Å². The zero-order chi connectivity index (χ0) is 14.7. The molecule has 3 N–H and O–H groups in total. The summed E-state index contributed by atoms with van der Waals surface area (Å²) in [4.78, 5) is 22.8. The number of nitrogens with two attached hydrogens (primary N) is 1. The van der Waals surface area contributed by atoms with Gasteiger partial charge in [-0.2, -0.15) is 8.42 Å². The van der Waals surface area contributed by atoms with Gasteiger partial charge in [-0.25, -0.2) is 9.59 Å². The van der Waals surface area contributed by atoms with Crippen LogP contribution in [0.15, 0.2) is 29.2 Å². The molecule has 0 spiro atoms. The van der Waals surface area contributed by atoms with Gasteiger partial charge >= 0.3 is 11.9 Å². The van der Waals surface area contributed by atoms with Crippen LogP contribution >= 0.6 is 0 Å². The standard InChI is InChI=1S/C12H7NO6S/c13-9-2-1-6-10-7(9)3-5(20(16,17)18)4-8(10)12(15)19-11(6)14/h1-4H,13H2,(H,16,17,18). The average Bonchev–Trinajstić information content (AvgIpc) is 2.35. The van der Waals surface area contributed by atoms with E-state index < -0.39 is 27.0 Å². The Morgan fingerprint density at radius 1 is 1.05 bits per heavy atom. The van der Waals surface area contributed by atoms with E-state index in [1.165, 1.54) is 12.1 Å². The van der Waals surface area contributed by atoms with Crippen molar-refractivity contribution >= 4 is 38.5 Å². The molecule has 0 amide bonds. The molecule has 0 aliphatic carbocycles. The number of hydrogen-bond acceptors (Lipinski definition) is 6. The minimum Gasteiger partial charge on any atom is -0.398 e. The molecule has 0 saturated heterocycles. The van der Waals surface area contributed by atoms with Gasteiger partial charge in [-0.15, -0.1) is 0 Å². The molecule has 0 atom stereocenters. The van der Waals surface area contributed by atoms with Gasteiger partial charge in [0.15, 0.2) is 0 Å². The first-order valence-corrected chi connectivity index (χ1v) is 6.83. The Kier molecular flexibility index (Phi) is 2.38. The second-order valence-electron chi connectivity index (χ2n) is 4.25. The zero-order valence-electron chi connectivity index (χ0n) is 9.78. The smallest absolute Gasteiger partial charge is 0.346 e. The Morgan fingerprint density at radius 3 is 2.35 bits per heavy atom. The summed E-state index contributed by atoms with van der Waals surface area (Å²) in [5.41, 5.74) is 5.90. The van der Waals surface area contributed by atoms with Gasteiger partial charge in [0.05, 0.1) is 16.0 Å². The summed E-state index contributed by atoms with van der Waals surface area (Å²) in [5.74, 6) is -1.81. The highest BCUT2D eigenvalue weighted by atomic mass is 32.2. The van der Waals surface area contributed by atoms with Crippen LogP contribution < -0.4 is 5.73 Å². The first kappa shape index (κ1) is 12.6. The molecule has 8 heteroatoms. The number of ether oxygens (including phenoxy) is 1. The molecule has 0 saturated carbocycles. The third-order valence-electron chi connectivity index (χ3n) is 3.04. The molecule has 0 unspecified atom stereocenters. The first-order chi connectivity index (χ1) is 9.29. The van der Waals surface area contributed by atoms with Gasteiger partial charge in [0, 0.05) is 16.5 Å². The maximum absolute atomic E-state index is 11.7. The van der Waals surface area contributed by atoms with Crippen molar-refractivity contribution in [3.63, 3.8) is 0 Å². The van der Waals surface area contributed by atoms with Gasteiger partial charge in [-0.05, 0) is 24.3 Å². The van der Waals surface area contributed by atoms with E-state index in [4.69, 9.17) is 10.3 Å². The summed E-state index contributed by atoms with van der Waals surface area (Å²) in [6.07, 6.45) is 0. The van der Waals surface area contributed by atoms with Crippen LogP contribution in [0.4, 0.5) is 5.69 Å². The van der Waals surface area contributed by atoms with Gasteiger partial charge in [0.1, 0.15) is 0 Å². The van der Waals surface area contributed by atoms with E-state index in [0.717, 1.165) is 12.1 Å². The average molecular weight is 293 g/mol. The molecule has 20 heavy (non-hydrogen) atoms. The third-order valence-corrected chi connectivity index (χ3v) is 3.88. The fourth-order valence-electron chi connectivity index (χ4n) is 2.15. The molecular weight excluding hydrogens is 286 g/mol. The topological polar surface area (TPSA) is 124 Å². The highest BCUT2D eigenvalue weighted by molar-refractivity contribution is 7.85. The predicted octanol–water partition coefficient (Wildman–Crippen LogP) is 0.979. The van der Waals surface area contributed by atoms with Crippen LogP contribution in [0.25, 0.3) is 10.8 Å². The van der Waals surface area contributed by atoms with E-state index in [-0.39, 0.29) is 27.6 Å². The molecule has 0 radical (unpaired) electrons. The van der Waals surface area contributed by atoms with Gasteiger partial charge in [0.2, 0.25) is 0 Å². The van der Waals surface area contributed by atoms with Crippen LogP contribution in [0.2, 0.25) is 0 Å². The fraction of sp³-hybridized carbons (Fsp3) is 0. The summed E-state index contributed by atoms with van der Waals surface area (Å²) in [6, 6.07) is 4.85. The van der Waals surface area contributed by atoms with E-state index in [9.17, 15) is 18.0 Å². The molecule has 2 aromatic rings. The van der Waals surface area contributed by atoms with Crippen molar-refractivity contribution in [1.29, 1.82) is 0 Å². The quantitative estimate of drug-likeness (QED) is 0.347. The molecular formula is C12H7NO6S. The van der Waals surface area contributed by atoms with Gasteiger partial charge in [-0.3, -0.25) is 4.55 Å². The van der Waals surface area contributed by atoms with Crippen molar-refractivity contribution in [2.24, 2.45) is 0 Å². The molecule has 7 nitrogen and oxygen atoms in total. The minimum absolute atomic E-state index is 0.116. The lowest BCUT2D eigenvalue weighted by atomic mass is 9.96. The Hall–Kier alpha value is -2.45. The van der Waals surface area contributed by atoms with Crippen LogP contribution in [0, 0.1) is 0 Å². The molecule has 1 aliphatic rings. The highest BCUT2D eigenvalue weighted by Gasteiger charge is 2.29. The van der Waals surface area contributed by atoms with Crippen LogP contribution in [0.1, 0.15) is 20.7 Å². The van der Waals surface area contributed by atoms with Crippen LogP contribution in [-0.4, -0.2) is 24.9 Å². The monoisotopic (exact) mass is 293 g/mol. The summed E-state index contributed by atoms with van der Waals surface area (Å²) >= 11 is 0. The number of rotatable bonds is 1. The number of benzene rings is 2. The van der Waals surface area contributed by atoms with E-state index in [1.807, 2.05) is 0 Å². The van der Waals surface area contributed by atoms with Crippen molar-refractivity contribution in [3.05, 3.63) is 35.4 Å². The van der Waals surface area contributed by atoms with Crippen LogP contribution in [0.5, 0.6) is 0 Å². The van der Waals surface area contributed by atoms with Crippen molar-refractivity contribution < 1.29 is 27.3 Å². The zero-order valence-corrected chi connectivity index (χ0v) is 10.6. The van der Waals surface area contributed by atoms with E-state index in [0.29, 0.717) is 0 Å². The van der Waals surface area contributed by atoms with Crippen molar-refractivity contribution in [2.45, 2.75) is 4.90 Å². The number of hydrogen-bond donors (Lipinski definition) is 2. The summed E-state index contributed by atoms with van der Waals surface area (Å²) < 4.78 is 36.1. The Bertz CT molecular complexity index is 900. The van der Waals surface area contributed by atoms with Crippen LogP contribution in [-0.2, 0) is 14.9 Å². The number of nitrogen functional groups attached to an aromatic ring is 1. The molecule has 0 aromatic heterocycles. The summed E-state index contributed by atoms with van der Waals surface area (Å²) in [7, 11) is -4.52. The Labute approximate surface area is 112 Å². The summed E-state index contributed by atoms with van der Waals surface area (Å²) in [5, 5.41) is 0.413. The number of carbonyl (C=O) groups excluding carboxylic acids is 2. The maximum Gasteiger partial charge on any atom is 0.346 e. The number of esters is 2. The van der Waals surface area contributed by atoms with Gasteiger partial charge < -0.3 is 10.5 Å². The van der Waals surface area contributed by atoms with Crippen molar-refractivity contribution in [2.75, 3.05) is 5.73 Å². The second kappa shape index (κ2) is 3.78. The van der Waals surface area contributed by atoms with Crippen molar-refractivity contribution in [1.82, 2.24) is 0 Å². The predicted molar refractivity (Wildman–Crippen MR) is 67.9 cm³/mol. The Balaban J connectivity index is 2.56. The Morgan fingerprint density at radius 2 is 1.70 bits per heavy atom. The molecule has 1 aliphatic heterocycles. The molecule has 102 valence electrons. The lowest BCUT2D eigenvalue weighted by Crippen LogP contribution is -2.20. The maximum atomic E-state index is 11.7. The molecule has 2 aromatic carbocycles. The fourth-order valence-corrected chi connectivity index (χ4v) is 2.69. The SMILES string of the molecule is Nc1ccc2c3c(cc(S(=O)(=O)O)cc13)C(=O)OC2=O. The van der Waals surface area contributed by atoms with E-state index in [1.54, 1.807) is 0 Å². The molecule has 3 rings (SSSR count). The van der Waals surface area contributed by atoms with E-state index >= 15 is 0 Å². The number of cyclic esters (lactones) is 2. The lowest BCUT2D eigenvalue weighted by molar-refractivity contribution is 0.0391. The first-order valence-electron chi connectivity index (χ1n) is 5.39. The molecule has 1 heterocycles. The molecule has 0 bridgehead atoms.